The number of oxime groups is 1. The minimum absolute atomic E-state index is 0.0638. The van der Waals surface area contributed by atoms with Gasteiger partial charge in [-0.15, -0.1) is 0 Å². The molecule has 8 nitrogen and oxygen atoms in total. The van der Waals surface area contributed by atoms with E-state index in [1.54, 1.807) is 42.5 Å². The number of rotatable bonds is 5. The molecule has 44 heavy (non-hydrogen) atoms. The van der Waals surface area contributed by atoms with Crippen LogP contribution in [0.4, 0.5) is 10.1 Å². The van der Waals surface area contributed by atoms with Crippen molar-refractivity contribution in [2.24, 2.45) is 10.6 Å². The van der Waals surface area contributed by atoms with Crippen molar-refractivity contribution in [2.45, 2.75) is 74.0 Å². The molecule has 2 fully saturated rings. The van der Waals surface area contributed by atoms with Crippen LogP contribution in [0.25, 0.3) is 11.1 Å². The summed E-state index contributed by atoms with van der Waals surface area (Å²) in [6, 6.07) is 15.8. The third-order valence-electron chi connectivity index (χ3n) is 9.58. The van der Waals surface area contributed by atoms with Crippen molar-refractivity contribution >= 4 is 31.3 Å². The number of piperazine rings is 1. The molecular formula is C33H38FN3O5S2. The predicted molar refractivity (Wildman–Crippen MR) is 169 cm³/mol. The fraction of sp³-hybridized carbons (Fsp3) is 0.424. The van der Waals surface area contributed by atoms with Crippen LogP contribution in [0.15, 0.2) is 75.6 Å². The summed E-state index contributed by atoms with van der Waals surface area (Å²) in [6.45, 7) is 9.10. The minimum atomic E-state index is -3.93. The number of nitrogens with zero attached hydrogens (tertiary/aromatic N) is 3. The highest BCUT2D eigenvalue weighted by molar-refractivity contribution is 7.92. The van der Waals surface area contributed by atoms with Crippen LogP contribution in [-0.2, 0) is 19.9 Å². The second kappa shape index (κ2) is 10.7. The largest absolute Gasteiger partial charge is 0.410 e. The van der Waals surface area contributed by atoms with Crippen LogP contribution in [-0.4, -0.2) is 62.5 Å². The number of anilines is 1. The number of hydrogen-bond acceptors (Lipinski definition) is 7. The van der Waals surface area contributed by atoms with E-state index in [2.05, 4.69) is 23.9 Å². The highest BCUT2D eigenvalue weighted by Gasteiger charge is 2.40. The van der Waals surface area contributed by atoms with Crippen LogP contribution in [0.2, 0.25) is 0 Å². The maximum atomic E-state index is 13.9. The maximum absolute atomic E-state index is 13.9. The molecule has 234 valence electrons. The van der Waals surface area contributed by atoms with Gasteiger partial charge in [0.2, 0.25) is 10.0 Å². The van der Waals surface area contributed by atoms with Crippen LogP contribution in [0, 0.1) is 11.2 Å². The first kappa shape index (κ1) is 30.7. The predicted octanol–water partition coefficient (Wildman–Crippen LogP) is 6.06. The van der Waals surface area contributed by atoms with Crippen LogP contribution in [0.1, 0.15) is 64.5 Å². The van der Waals surface area contributed by atoms with Gasteiger partial charge in [-0.25, -0.2) is 21.2 Å². The quantitative estimate of drug-likeness (QED) is 0.210. The first-order chi connectivity index (χ1) is 20.6. The first-order valence-electron chi connectivity index (χ1n) is 14.9. The summed E-state index contributed by atoms with van der Waals surface area (Å²) in [4.78, 5) is 2.33. The fourth-order valence-electron chi connectivity index (χ4n) is 6.94. The molecule has 1 heterocycles. The van der Waals surface area contributed by atoms with Crippen molar-refractivity contribution in [3.05, 3.63) is 77.6 Å². The average Bonchev–Trinajstić information content (AvgIpc) is 3.29. The number of hydrogen-bond donors (Lipinski definition) is 1. The van der Waals surface area contributed by atoms with E-state index in [-0.39, 0.29) is 39.8 Å². The summed E-state index contributed by atoms with van der Waals surface area (Å²) in [5.41, 5.74) is 2.79. The summed E-state index contributed by atoms with van der Waals surface area (Å²) in [7, 11) is -7.53. The number of fused-ring (bicyclic) bond motifs is 3. The Hall–Kier alpha value is -3.28. The van der Waals surface area contributed by atoms with Gasteiger partial charge in [0.15, 0.2) is 9.84 Å². The molecule has 0 unspecified atom stereocenters. The number of benzene rings is 3. The molecule has 0 atom stereocenters. The van der Waals surface area contributed by atoms with Crippen molar-refractivity contribution in [1.82, 2.24) is 4.31 Å². The molecule has 1 saturated heterocycles. The van der Waals surface area contributed by atoms with E-state index < -0.39 is 30.6 Å². The Balaban J connectivity index is 1.27. The van der Waals surface area contributed by atoms with E-state index in [0.717, 1.165) is 18.5 Å². The number of halogens is 1. The SMILES string of the molecule is CC1(C)CCC(S(=O)(=O)c2ccc3c(c2)/C(=N/O)c2cc(S(=O)(=O)N4CCN(c5ccc(F)cc5)C(C)(C)C4)ccc2-3)CC1. The van der Waals surface area contributed by atoms with E-state index in [0.29, 0.717) is 41.6 Å². The lowest BCUT2D eigenvalue weighted by Gasteiger charge is -2.48. The summed E-state index contributed by atoms with van der Waals surface area (Å²) in [5.74, 6) is -0.330. The maximum Gasteiger partial charge on any atom is 0.243 e. The smallest absolute Gasteiger partial charge is 0.243 e. The van der Waals surface area contributed by atoms with Gasteiger partial charge >= 0.3 is 0 Å². The van der Waals surface area contributed by atoms with Gasteiger partial charge in [-0.2, -0.15) is 4.31 Å². The second-order valence-corrected chi connectivity index (χ2v) is 17.7. The Morgan fingerprint density at radius 3 is 1.93 bits per heavy atom. The topological polar surface area (TPSA) is 107 Å². The average molecular weight is 640 g/mol. The summed E-state index contributed by atoms with van der Waals surface area (Å²) in [6.07, 6.45) is 2.88. The van der Waals surface area contributed by atoms with E-state index >= 15 is 0 Å². The van der Waals surface area contributed by atoms with Crippen LogP contribution >= 0.6 is 0 Å². The van der Waals surface area contributed by atoms with Gasteiger partial charge in [-0.3, -0.25) is 0 Å². The Kier molecular flexibility index (Phi) is 7.45. The van der Waals surface area contributed by atoms with Crippen molar-refractivity contribution in [1.29, 1.82) is 0 Å². The number of sulfone groups is 1. The van der Waals surface area contributed by atoms with Gasteiger partial charge < -0.3 is 10.1 Å². The third kappa shape index (κ3) is 5.22. The molecule has 0 amide bonds. The first-order valence-corrected chi connectivity index (χ1v) is 17.9. The molecular weight excluding hydrogens is 602 g/mol. The molecule has 6 rings (SSSR count). The highest BCUT2D eigenvalue weighted by atomic mass is 32.2. The lowest BCUT2D eigenvalue weighted by Crippen LogP contribution is -2.60. The lowest BCUT2D eigenvalue weighted by molar-refractivity contribution is 0.246. The third-order valence-corrected chi connectivity index (χ3v) is 13.7. The van der Waals surface area contributed by atoms with Crippen molar-refractivity contribution in [2.75, 3.05) is 24.5 Å². The zero-order chi connectivity index (χ0) is 31.7. The summed E-state index contributed by atoms with van der Waals surface area (Å²) in [5, 5.41) is 13.1. The Morgan fingerprint density at radius 1 is 0.795 bits per heavy atom. The van der Waals surface area contributed by atoms with Gasteiger partial charge in [-0.1, -0.05) is 31.1 Å². The zero-order valence-corrected chi connectivity index (χ0v) is 27.0. The van der Waals surface area contributed by atoms with Crippen LogP contribution < -0.4 is 4.90 Å². The molecule has 3 aliphatic rings. The van der Waals surface area contributed by atoms with Gasteiger partial charge in [0.05, 0.1) is 15.0 Å². The molecule has 3 aromatic rings. The Bertz CT molecular complexity index is 1860. The molecule has 1 N–H and O–H groups in total. The van der Waals surface area contributed by atoms with E-state index in [4.69, 9.17) is 0 Å². The van der Waals surface area contributed by atoms with E-state index in [1.165, 1.54) is 22.5 Å². The minimum Gasteiger partial charge on any atom is -0.410 e. The monoisotopic (exact) mass is 639 g/mol. The van der Waals surface area contributed by atoms with Gasteiger partial charge in [0.1, 0.15) is 11.5 Å². The van der Waals surface area contributed by atoms with Crippen LogP contribution in [0.3, 0.4) is 0 Å². The fourth-order valence-corrected chi connectivity index (χ4v) is 10.3. The molecule has 3 aromatic carbocycles. The molecule has 1 aliphatic heterocycles. The molecule has 0 radical (unpaired) electrons. The van der Waals surface area contributed by atoms with Gasteiger partial charge in [0.25, 0.3) is 0 Å². The number of sulfonamides is 1. The lowest BCUT2D eigenvalue weighted by atomic mass is 9.77. The Morgan fingerprint density at radius 2 is 1.36 bits per heavy atom. The molecule has 11 heteroatoms. The summed E-state index contributed by atoms with van der Waals surface area (Å²) < 4.78 is 70.0. The molecule has 0 bridgehead atoms. The standard InChI is InChI=1S/C33H38FN3O5S2/c1-32(2)15-13-24(14-16-32)43(39,40)25-9-11-27-28-12-10-26(20-30(28)31(35-38)29(27)19-25)44(41,42)36-17-18-37(33(3,4)21-36)23-7-5-22(34)6-8-23/h5-12,19-20,24,38H,13-18,21H2,1-4H3/b35-31-. The highest BCUT2D eigenvalue weighted by Crippen LogP contribution is 2.43. The van der Waals surface area contributed by atoms with Crippen molar-refractivity contribution < 1.29 is 26.4 Å². The van der Waals surface area contributed by atoms with E-state index in [1.807, 2.05) is 13.8 Å². The van der Waals surface area contributed by atoms with Crippen molar-refractivity contribution in [3.8, 4) is 11.1 Å². The molecule has 0 aromatic heterocycles. The second-order valence-electron chi connectivity index (χ2n) is 13.6. The van der Waals surface area contributed by atoms with Gasteiger partial charge in [-0.05, 0) is 105 Å². The molecule has 2 aliphatic carbocycles. The van der Waals surface area contributed by atoms with Crippen LogP contribution in [0.5, 0.6) is 0 Å². The molecule has 0 spiro atoms. The molecule has 1 saturated carbocycles. The van der Waals surface area contributed by atoms with Gasteiger partial charge in [0, 0.05) is 42.0 Å². The van der Waals surface area contributed by atoms with E-state index in [9.17, 15) is 26.4 Å². The zero-order valence-electron chi connectivity index (χ0n) is 25.4. The Labute approximate surface area is 259 Å². The normalized spacial score (nSPS) is 21.3. The summed E-state index contributed by atoms with van der Waals surface area (Å²) >= 11 is 0. The van der Waals surface area contributed by atoms with Crippen molar-refractivity contribution in [3.63, 3.8) is 0 Å².